The molecule has 0 aliphatic carbocycles. The largest absolute Gasteiger partial charge is 0.388 e. The quantitative estimate of drug-likeness (QED) is 0.366. The Morgan fingerprint density at radius 3 is 1.91 bits per heavy atom. The fraction of sp³-hybridized carbons (Fsp3) is 0.650. The second kappa shape index (κ2) is 13.1. The SMILES string of the molecule is CCCCCCCCCCCCNc1ccc(C(=O)CO)cc1. The number of aliphatic hydroxyl groups excluding tert-OH is 1. The molecule has 0 heterocycles. The van der Waals surface area contributed by atoms with Gasteiger partial charge in [0, 0.05) is 17.8 Å². The van der Waals surface area contributed by atoms with Crippen LogP contribution in [-0.2, 0) is 0 Å². The van der Waals surface area contributed by atoms with Gasteiger partial charge in [-0.1, -0.05) is 64.7 Å². The van der Waals surface area contributed by atoms with Crippen LogP contribution in [0.3, 0.4) is 0 Å². The second-order valence-electron chi connectivity index (χ2n) is 6.27. The summed E-state index contributed by atoms with van der Waals surface area (Å²) in [6.07, 6.45) is 13.5. The van der Waals surface area contributed by atoms with Gasteiger partial charge >= 0.3 is 0 Å². The molecule has 2 N–H and O–H groups in total. The number of anilines is 1. The van der Waals surface area contributed by atoms with Gasteiger partial charge in [0.1, 0.15) is 6.61 Å². The van der Waals surface area contributed by atoms with E-state index in [1.165, 1.54) is 64.2 Å². The minimum atomic E-state index is -0.425. The van der Waals surface area contributed by atoms with Crippen molar-refractivity contribution in [3.63, 3.8) is 0 Å². The molecule has 0 aliphatic rings. The van der Waals surface area contributed by atoms with E-state index in [9.17, 15) is 4.79 Å². The lowest BCUT2D eigenvalue weighted by Crippen LogP contribution is -2.05. The molecule has 1 aromatic carbocycles. The van der Waals surface area contributed by atoms with Gasteiger partial charge in [0.25, 0.3) is 0 Å². The number of rotatable bonds is 14. The molecular formula is C20H33NO2. The molecule has 0 saturated carbocycles. The standard InChI is InChI=1S/C20H33NO2/c1-2-3-4-5-6-7-8-9-10-11-16-21-19-14-12-18(13-15-19)20(23)17-22/h12-15,21-22H,2-11,16-17H2,1H3. The molecule has 0 bridgehead atoms. The van der Waals surface area contributed by atoms with Gasteiger partial charge in [-0.15, -0.1) is 0 Å². The summed E-state index contributed by atoms with van der Waals surface area (Å²) >= 11 is 0. The van der Waals surface area contributed by atoms with Crippen molar-refractivity contribution < 1.29 is 9.90 Å². The third-order valence-corrected chi connectivity index (χ3v) is 4.21. The summed E-state index contributed by atoms with van der Waals surface area (Å²) in [5, 5.41) is 12.2. The lowest BCUT2D eigenvalue weighted by Gasteiger charge is -2.07. The van der Waals surface area contributed by atoms with E-state index in [1.54, 1.807) is 12.1 Å². The van der Waals surface area contributed by atoms with Crippen molar-refractivity contribution in [2.45, 2.75) is 71.1 Å². The van der Waals surface area contributed by atoms with Gasteiger partial charge < -0.3 is 10.4 Å². The van der Waals surface area contributed by atoms with E-state index < -0.39 is 6.61 Å². The van der Waals surface area contributed by atoms with Crippen molar-refractivity contribution in [1.29, 1.82) is 0 Å². The summed E-state index contributed by atoms with van der Waals surface area (Å²) in [7, 11) is 0. The Bertz CT molecular complexity index is 414. The molecule has 0 aromatic heterocycles. The van der Waals surface area contributed by atoms with Crippen LogP contribution in [0.5, 0.6) is 0 Å². The van der Waals surface area contributed by atoms with E-state index in [1.807, 2.05) is 12.1 Å². The number of carbonyl (C=O) groups excluding carboxylic acids is 1. The van der Waals surface area contributed by atoms with Crippen molar-refractivity contribution in [2.75, 3.05) is 18.5 Å². The van der Waals surface area contributed by atoms with Crippen LogP contribution in [0.25, 0.3) is 0 Å². The minimum Gasteiger partial charge on any atom is -0.388 e. The molecule has 0 atom stereocenters. The highest BCUT2D eigenvalue weighted by molar-refractivity contribution is 5.97. The zero-order chi connectivity index (χ0) is 16.8. The first-order valence-corrected chi connectivity index (χ1v) is 9.26. The first kappa shape index (κ1) is 19.7. The van der Waals surface area contributed by atoms with Gasteiger partial charge in [-0.05, 0) is 30.7 Å². The zero-order valence-corrected chi connectivity index (χ0v) is 14.7. The highest BCUT2D eigenvalue weighted by atomic mass is 16.3. The van der Waals surface area contributed by atoms with Crippen molar-refractivity contribution in [2.24, 2.45) is 0 Å². The summed E-state index contributed by atoms with van der Waals surface area (Å²) in [6, 6.07) is 7.33. The third-order valence-electron chi connectivity index (χ3n) is 4.21. The molecule has 3 nitrogen and oxygen atoms in total. The maximum Gasteiger partial charge on any atom is 0.188 e. The fourth-order valence-electron chi connectivity index (χ4n) is 2.71. The maximum absolute atomic E-state index is 11.3. The molecule has 1 rings (SSSR count). The molecule has 0 spiro atoms. The number of hydrogen-bond acceptors (Lipinski definition) is 3. The number of Topliss-reactive ketones (excluding diaryl/α,β-unsaturated/α-hetero) is 1. The Kier molecular flexibility index (Phi) is 11.2. The third kappa shape index (κ3) is 9.39. The number of hydrogen-bond donors (Lipinski definition) is 2. The summed E-state index contributed by atoms with van der Waals surface area (Å²) < 4.78 is 0. The van der Waals surface area contributed by atoms with Gasteiger partial charge in [0.2, 0.25) is 0 Å². The monoisotopic (exact) mass is 319 g/mol. The van der Waals surface area contributed by atoms with Gasteiger partial charge in [-0.25, -0.2) is 0 Å². The van der Waals surface area contributed by atoms with Crippen LogP contribution in [-0.4, -0.2) is 24.0 Å². The number of nitrogens with one attached hydrogen (secondary N) is 1. The Hall–Kier alpha value is -1.35. The summed E-state index contributed by atoms with van der Waals surface area (Å²) in [5.74, 6) is -0.230. The van der Waals surface area contributed by atoms with E-state index in [0.29, 0.717) is 5.56 Å². The van der Waals surface area contributed by atoms with Crippen LogP contribution in [0.2, 0.25) is 0 Å². The number of aliphatic hydroxyl groups is 1. The summed E-state index contributed by atoms with van der Waals surface area (Å²) in [5.41, 5.74) is 1.60. The number of unbranched alkanes of at least 4 members (excludes halogenated alkanes) is 9. The molecule has 0 amide bonds. The Morgan fingerprint density at radius 2 is 1.39 bits per heavy atom. The van der Waals surface area contributed by atoms with Crippen LogP contribution >= 0.6 is 0 Å². The Labute approximate surface area is 141 Å². The van der Waals surface area contributed by atoms with Crippen molar-refractivity contribution >= 4 is 11.5 Å². The highest BCUT2D eigenvalue weighted by Crippen LogP contribution is 2.12. The van der Waals surface area contributed by atoms with E-state index in [4.69, 9.17) is 5.11 Å². The van der Waals surface area contributed by atoms with Crippen LogP contribution < -0.4 is 5.32 Å². The van der Waals surface area contributed by atoms with Gasteiger partial charge in [0.15, 0.2) is 5.78 Å². The first-order valence-electron chi connectivity index (χ1n) is 9.26. The molecule has 1 aromatic rings. The highest BCUT2D eigenvalue weighted by Gasteiger charge is 2.02. The van der Waals surface area contributed by atoms with Crippen molar-refractivity contribution in [1.82, 2.24) is 0 Å². The number of carbonyl (C=O) groups is 1. The van der Waals surface area contributed by atoms with Gasteiger partial charge in [-0.2, -0.15) is 0 Å². The number of ketones is 1. The molecular weight excluding hydrogens is 286 g/mol. The predicted molar refractivity (Wildman–Crippen MR) is 98.2 cm³/mol. The van der Waals surface area contributed by atoms with Crippen LogP contribution in [0, 0.1) is 0 Å². The fourth-order valence-corrected chi connectivity index (χ4v) is 2.71. The van der Waals surface area contributed by atoms with E-state index in [2.05, 4.69) is 12.2 Å². The normalized spacial score (nSPS) is 10.7. The smallest absolute Gasteiger partial charge is 0.188 e. The van der Waals surface area contributed by atoms with Gasteiger partial charge in [-0.3, -0.25) is 4.79 Å². The van der Waals surface area contributed by atoms with Gasteiger partial charge in [0.05, 0.1) is 0 Å². The topological polar surface area (TPSA) is 49.3 Å². The lowest BCUT2D eigenvalue weighted by molar-refractivity contribution is 0.0904. The first-order chi connectivity index (χ1) is 11.3. The molecule has 130 valence electrons. The number of benzene rings is 1. The van der Waals surface area contributed by atoms with E-state index >= 15 is 0 Å². The average Bonchev–Trinajstić information content (AvgIpc) is 2.59. The zero-order valence-electron chi connectivity index (χ0n) is 14.7. The molecule has 23 heavy (non-hydrogen) atoms. The molecule has 0 fully saturated rings. The molecule has 0 unspecified atom stereocenters. The second-order valence-corrected chi connectivity index (χ2v) is 6.27. The van der Waals surface area contributed by atoms with Crippen LogP contribution in [0.1, 0.15) is 81.5 Å². The maximum atomic E-state index is 11.3. The van der Waals surface area contributed by atoms with E-state index in [0.717, 1.165) is 12.2 Å². The summed E-state index contributed by atoms with van der Waals surface area (Å²) in [4.78, 5) is 11.3. The van der Waals surface area contributed by atoms with Crippen LogP contribution in [0.15, 0.2) is 24.3 Å². The summed E-state index contributed by atoms with van der Waals surface area (Å²) in [6.45, 7) is 2.81. The average molecular weight is 319 g/mol. The van der Waals surface area contributed by atoms with Crippen molar-refractivity contribution in [3.05, 3.63) is 29.8 Å². The molecule has 0 saturated heterocycles. The van der Waals surface area contributed by atoms with Crippen molar-refractivity contribution in [3.8, 4) is 0 Å². The van der Waals surface area contributed by atoms with Crippen LogP contribution in [0.4, 0.5) is 5.69 Å². The Morgan fingerprint density at radius 1 is 0.870 bits per heavy atom. The molecule has 0 aliphatic heterocycles. The predicted octanol–water partition coefficient (Wildman–Crippen LogP) is 5.19. The Balaban J connectivity index is 1.97. The molecule has 0 radical (unpaired) electrons. The lowest BCUT2D eigenvalue weighted by atomic mass is 10.1. The molecule has 3 heteroatoms. The van der Waals surface area contributed by atoms with E-state index in [-0.39, 0.29) is 5.78 Å². The minimum absolute atomic E-state index is 0.230.